The van der Waals surface area contributed by atoms with Gasteiger partial charge < -0.3 is 15.5 Å². The molecule has 1 fully saturated rings. The van der Waals surface area contributed by atoms with Crippen molar-refractivity contribution in [3.05, 3.63) is 78.4 Å². The Hall–Kier alpha value is -3.60. The van der Waals surface area contributed by atoms with Crippen molar-refractivity contribution >= 4 is 39.1 Å². The van der Waals surface area contributed by atoms with Crippen LogP contribution in [-0.2, 0) is 0 Å². The highest BCUT2D eigenvalue weighted by Gasteiger charge is 2.24. The highest BCUT2D eigenvalue weighted by molar-refractivity contribution is 6.10. The van der Waals surface area contributed by atoms with E-state index in [1.807, 2.05) is 11.0 Å². The molecule has 1 aromatic heterocycles. The molecule has 0 spiro atoms. The molecule has 0 unspecified atom stereocenters. The number of fused-ring (bicyclic) bond motifs is 3. The summed E-state index contributed by atoms with van der Waals surface area (Å²) in [5.41, 5.74) is 8.09. The molecule has 3 aromatic carbocycles. The molecule has 0 radical (unpaired) electrons. The average Bonchev–Trinajstić information content (AvgIpc) is 2.79. The highest BCUT2D eigenvalue weighted by Crippen LogP contribution is 2.31. The van der Waals surface area contributed by atoms with Gasteiger partial charge in [-0.3, -0.25) is 4.79 Å². The molecule has 29 heavy (non-hydrogen) atoms. The quantitative estimate of drug-likeness (QED) is 0.421. The Morgan fingerprint density at radius 1 is 0.759 bits per heavy atom. The van der Waals surface area contributed by atoms with Gasteiger partial charge in [0.25, 0.3) is 5.91 Å². The molecule has 1 amide bonds. The zero-order chi connectivity index (χ0) is 19.8. The standard InChI is InChI=1S/C24H22N4O/c25-18-11-9-17(10-12-18)24(29)28-15-13-27(14-16-28)23-21-7-2-1-5-19(21)20-6-3-4-8-22(20)26-23/h1-12H,13-16,25H2. The lowest BCUT2D eigenvalue weighted by Gasteiger charge is -2.36. The summed E-state index contributed by atoms with van der Waals surface area (Å²) in [6, 6.07) is 23.8. The van der Waals surface area contributed by atoms with Crippen molar-refractivity contribution < 1.29 is 4.79 Å². The number of rotatable bonds is 2. The summed E-state index contributed by atoms with van der Waals surface area (Å²) in [7, 11) is 0. The number of nitrogen functional groups attached to an aromatic ring is 1. The number of para-hydroxylation sites is 1. The highest BCUT2D eigenvalue weighted by atomic mass is 16.2. The van der Waals surface area contributed by atoms with Crippen molar-refractivity contribution in [2.24, 2.45) is 0 Å². The lowest BCUT2D eigenvalue weighted by atomic mass is 10.1. The maximum absolute atomic E-state index is 12.8. The van der Waals surface area contributed by atoms with Crippen LogP contribution in [0.15, 0.2) is 72.8 Å². The SMILES string of the molecule is Nc1ccc(C(=O)N2CCN(c3nc4ccccc4c4ccccc34)CC2)cc1. The largest absolute Gasteiger partial charge is 0.399 e. The molecule has 1 saturated heterocycles. The number of amides is 1. The van der Waals surface area contributed by atoms with Crippen molar-refractivity contribution in [3.63, 3.8) is 0 Å². The van der Waals surface area contributed by atoms with E-state index in [0.717, 1.165) is 29.8 Å². The monoisotopic (exact) mass is 382 g/mol. The predicted octanol–water partition coefficient (Wildman–Crippen LogP) is 3.93. The van der Waals surface area contributed by atoms with E-state index in [0.29, 0.717) is 24.3 Å². The molecule has 5 heteroatoms. The van der Waals surface area contributed by atoms with Crippen LogP contribution in [0.25, 0.3) is 21.7 Å². The first-order valence-corrected chi connectivity index (χ1v) is 9.88. The van der Waals surface area contributed by atoms with Crippen molar-refractivity contribution in [2.45, 2.75) is 0 Å². The number of pyridine rings is 1. The smallest absolute Gasteiger partial charge is 0.253 e. The molecule has 5 rings (SSSR count). The van der Waals surface area contributed by atoms with E-state index in [2.05, 4.69) is 47.4 Å². The normalized spacial score (nSPS) is 14.5. The maximum Gasteiger partial charge on any atom is 0.253 e. The number of anilines is 2. The minimum atomic E-state index is 0.0565. The van der Waals surface area contributed by atoms with Gasteiger partial charge in [-0.2, -0.15) is 0 Å². The Morgan fingerprint density at radius 2 is 1.38 bits per heavy atom. The van der Waals surface area contributed by atoms with Gasteiger partial charge in [0.05, 0.1) is 5.52 Å². The Balaban J connectivity index is 1.42. The van der Waals surface area contributed by atoms with Gasteiger partial charge >= 0.3 is 0 Å². The third-order valence-electron chi connectivity index (χ3n) is 5.61. The molecule has 5 nitrogen and oxygen atoms in total. The minimum absolute atomic E-state index is 0.0565. The number of carbonyl (C=O) groups is 1. The first-order chi connectivity index (χ1) is 14.2. The number of carbonyl (C=O) groups excluding carboxylic acids is 1. The van der Waals surface area contributed by atoms with E-state index < -0.39 is 0 Å². The van der Waals surface area contributed by atoms with Gasteiger partial charge in [-0.15, -0.1) is 0 Å². The summed E-state index contributed by atoms with van der Waals surface area (Å²) in [6.07, 6.45) is 0. The first-order valence-electron chi connectivity index (χ1n) is 9.88. The van der Waals surface area contributed by atoms with E-state index in [4.69, 9.17) is 10.7 Å². The molecule has 0 bridgehead atoms. The second-order valence-electron chi connectivity index (χ2n) is 7.40. The zero-order valence-electron chi connectivity index (χ0n) is 16.1. The van der Waals surface area contributed by atoms with Crippen LogP contribution in [-0.4, -0.2) is 42.0 Å². The van der Waals surface area contributed by atoms with Gasteiger partial charge in [0, 0.05) is 48.2 Å². The fourth-order valence-corrected chi connectivity index (χ4v) is 4.06. The number of nitrogens with zero attached hydrogens (tertiary/aromatic N) is 3. The molecule has 4 aromatic rings. The Labute approximate surface area is 169 Å². The lowest BCUT2D eigenvalue weighted by molar-refractivity contribution is 0.0746. The predicted molar refractivity (Wildman–Crippen MR) is 118 cm³/mol. The molecule has 0 aliphatic carbocycles. The molecule has 1 aliphatic rings. The summed E-state index contributed by atoms with van der Waals surface area (Å²) in [4.78, 5) is 22.0. The molecule has 144 valence electrons. The first kappa shape index (κ1) is 17.5. The number of aromatic nitrogens is 1. The molecule has 1 aliphatic heterocycles. The van der Waals surface area contributed by atoms with Gasteiger partial charge in [-0.25, -0.2) is 4.98 Å². The minimum Gasteiger partial charge on any atom is -0.399 e. The van der Waals surface area contributed by atoms with Crippen LogP contribution < -0.4 is 10.6 Å². The van der Waals surface area contributed by atoms with E-state index in [1.54, 1.807) is 24.3 Å². The average molecular weight is 382 g/mol. The van der Waals surface area contributed by atoms with Gasteiger partial charge in [0.15, 0.2) is 0 Å². The van der Waals surface area contributed by atoms with Gasteiger partial charge in [-0.1, -0.05) is 42.5 Å². The molecule has 0 atom stereocenters. The van der Waals surface area contributed by atoms with Crippen LogP contribution >= 0.6 is 0 Å². The summed E-state index contributed by atoms with van der Waals surface area (Å²) in [5.74, 6) is 1.06. The second kappa shape index (κ2) is 7.09. The molecule has 2 N–H and O–H groups in total. The Bertz CT molecular complexity index is 1190. The van der Waals surface area contributed by atoms with Crippen LogP contribution in [0.4, 0.5) is 11.5 Å². The summed E-state index contributed by atoms with van der Waals surface area (Å²) in [5, 5.41) is 3.54. The number of benzene rings is 3. The van der Waals surface area contributed by atoms with Crippen molar-refractivity contribution in [3.8, 4) is 0 Å². The summed E-state index contributed by atoms with van der Waals surface area (Å²) < 4.78 is 0. The van der Waals surface area contributed by atoms with E-state index in [9.17, 15) is 4.79 Å². The molecular formula is C24H22N4O. The fourth-order valence-electron chi connectivity index (χ4n) is 4.06. The third kappa shape index (κ3) is 3.14. The fraction of sp³-hybridized carbons (Fsp3) is 0.167. The topological polar surface area (TPSA) is 62.5 Å². The van der Waals surface area contributed by atoms with Gasteiger partial charge in [0.2, 0.25) is 0 Å². The van der Waals surface area contributed by atoms with Crippen LogP contribution in [0.3, 0.4) is 0 Å². The van der Waals surface area contributed by atoms with Crippen molar-refractivity contribution in [1.82, 2.24) is 9.88 Å². The lowest BCUT2D eigenvalue weighted by Crippen LogP contribution is -2.49. The Kier molecular flexibility index (Phi) is 4.28. The number of hydrogen-bond acceptors (Lipinski definition) is 4. The van der Waals surface area contributed by atoms with E-state index >= 15 is 0 Å². The summed E-state index contributed by atoms with van der Waals surface area (Å²) in [6.45, 7) is 2.87. The maximum atomic E-state index is 12.8. The van der Waals surface area contributed by atoms with E-state index in [1.165, 1.54) is 10.8 Å². The van der Waals surface area contributed by atoms with Crippen molar-refractivity contribution in [2.75, 3.05) is 36.8 Å². The van der Waals surface area contributed by atoms with Gasteiger partial charge in [0.1, 0.15) is 5.82 Å². The summed E-state index contributed by atoms with van der Waals surface area (Å²) >= 11 is 0. The zero-order valence-corrected chi connectivity index (χ0v) is 16.1. The van der Waals surface area contributed by atoms with Crippen LogP contribution in [0.1, 0.15) is 10.4 Å². The molecule has 2 heterocycles. The van der Waals surface area contributed by atoms with Crippen LogP contribution in [0, 0.1) is 0 Å². The third-order valence-corrected chi connectivity index (χ3v) is 5.61. The van der Waals surface area contributed by atoms with Crippen molar-refractivity contribution in [1.29, 1.82) is 0 Å². The number of piperazine rings is 1. The van der Waals surface area contributed by atoms with Gasteiger partial charge in [-0.05, 0) is 35.7 Å². The van der Waals surface area contributed by atoms with Crippen LogP contribution in [0.5, 0.6) is 0 Å². The Morgan fingerprint density at radius 3 is 2.10 bits per heavy atom. The number of hydrogen-bond donors (Lipinski definition) is 1. The molecular weight excluding hydrogens is 360 g/mol. The van der Waals surface area contributed by atoms with E-state index in [-0.39, 0.29) is 5.91 Å². The number of nitrogens with two attached hydrogens (primary N) is 1. The van der Waals surface area contributed by atoms with Crippen LogP contribution in [0.2, 0.25) is 0 Å². The molecule has 0 saturated carbocycles. The second-order valence-corrected chi connectivity index (χ2v) is 7.40.